The van der Waals surface area contributed by atoms with E-state index in [0.717, 1.165) is 4.31 Å². The highest BCUT2D eigenvalue weighted by atomic mass is 32.2. The van der Waals surface area contributed by atoms with Gasteiger partial charge in [0.1, 0.15) is 5.54 Å². The standard InChI is InChI=1S/C12H15NO4S/c1-2-13(12(8-9-12)11(14)15)18(16,17)10-6-4-3-5-7-10/h3-7H,2,8-9H2,1H3,(H,14,15). The zero-order chi connectivity index (χ0) is 13.4. The summed E-state index contributed by atoms with van der Waals surface area (Å²) < 4.78 is 25.9. The third-order valence-electron chi connectivity index (χ3n) is 3.22. The maximum absolute atomic E-state index is 12.4. The minimum atomic E-state index is -3.74. The molecule has 0 amide bonds. The predicted octanol–water partition coefficient (Wildman–Crippen LogP) is 1.31. The Bertz CT molecular complexity index is 549. The molecule has 0 radical (unpaired) electrons. The third-order valence-corrected chi connectivity index (χ3v) is 5.27. The Morgan fingerprint density at radius 3 is 2.28 bits per heavy atom. The van der Waals surface area contributed by atoms with Gasteiger partial charge in [0.05, 0.1) is 4.90 Å². The number of likely N-dealkylation sites (N-methyl/N-ethyl adjacent to an activating group) is 1. The minimum Gasteiger partial charge on any atom is -0.480 e. The quantitative estimate of drug-likeness (QED) is 0.874. The summed E-state index contributed by atoms with van der Waals surface area (Å²) in [7, 11) is -3.74. The van der Waals surface area contributed by atoms with Crippen LogP contribution in [0.3, 0.4) is 0 Å². The highest BCUT2D eigenvalue weighted by Gasteiger charge is 2.58. The van der Waals surface area contributed by atoms with Crippen LogP contribution >= 0.6 is 0 Å². The van der Waals surface area contributed by atoms with Gasteiger partial charge in [-0.05, 0) is 25.0 Å². The van der Waals surface area contributed by atoms with Gasteiger partial charge in [0.25, 0.3) is 0 Å². The van der Waals surface area contributed by atoms with Crippen LogP contribution in [0, 0.1) is 0 Å². The molecule has 0 atom stereocenters. The lowest BCUT2D eigenvalue weighted by Gasteiger charge is -2.26. The summed E-state index contributed by atoms with van der Waals surface area (Å²) in [5.41, 5.74) is -1.23. The van der Waals surface area contributed by atoms with Gasteiger partial charge in [-0.2, -0.15) is 4.31 Å². The van der Waals surface area contributed by atoms with Gasteiger partial charge < -0.3 is 5.11 Å². The van der Waals surface area contributed by atoms with Crippen molar-refractivity contribution in [1.29, 1.82) is 0 Å². The van der Waals surface area contributed by atoms with Gasteiger partial charge in [-0.25, -0.2) is 8.42 Å². The van der Waals surface area contributed by atoms with Crippen molar-refractivity contribution in [3.63, 3.8) is 0 Å². The lowest BCUT2D eigenvalue weighted by Crippen LogP contribution is -2.47. The second-order valence-electron chi connectivity index (χ2n) is 4.32. The normalized spacial score (nSPS) is 17.7. The molecule has 18 heavy (non-hydrogen) atoms. The molecule has 0 aliphatic heterocycles. The Morgan fingerprint density at radius 2 is 1.89 bits per heavy atom. The van der Waals surface area contributed by atoms with Gasteiger partial charge in [-0.1, -0.05) is 25.1 Å². The Hall–Kier alpha value is -1.40. The Balaban J connectivity index is 2.43. The first-order valence-electron chi connectivity index (χ1n) is 5.76. The van der Waals surface area contributed by atoms with Crippen LogP contribution in [0.15, 0.2) is 35.2 Å². The molecule has 0 aromatic heterocycles. The van der Waals surface area contributed by atoms with E-state index in [2.05, 4.69) is 0 Å². The van der Waals surface area contributed by atoms with Crippen LogP contribution in [-0.2, 0) is 14.8 Å². The number of sulfonamides is 1. The van der Waals surface area contributed by atoms with E-state index in [1.165, 1.54) is 12.1 Å². The number of carbonyl (C=O) groups is 1. The largest absolute Gasteiger partial charge is 0.480 e. The molecule has 1 aromatic rings. The van der Waals surface area contributed by atoms with Crippen molar-refractivity contribution in [1.82, 2.24) is 4.31 Å². The van der Waals surface area contributed by atoms with Crippen LogP contribution in [0.25, 0.3) is 0 Å². The van der Waals surface area contributed by atoms with E-state index in [4.69, 9.17) is 0 Å². The first kappa shape index (κ1) is 13.0. The van der Waals surface area contributed by atoms with Crippen LogP contribution in [0.2, 0.25) is 0 Å². The second kappa shape index (κ2) is 4.37. The molecule has 0 bridgehead atoms. The zero-order valence-electron chi connectivity index (χ0n) is 10.0. The van der Waals surface area contributed by atoms with E-state index in [9.17, 15) is 18.3 Å². The molecule has 0 spiro atoms. The van der Waals surface area contributed by atoms with Crippen molar-refractivity contribution in [2.75, 3.05) is 6.54 Å². The van der Waals surface area contributed by atoms with E-state index < -0.39 is 21.5 Å². The monoisotopic (exact) mass is 269 g/mol. The van der Waals surface area contributed by atoms with Crippen LogP contribution in [0.5, 0.6) is 0 Å². The molecule has 2 rings (SSSR count). The summed E-state index contributed by atoms with van der Waals surface area (Å²) in [6.07, 6.45) is 0.754. The summed E-state index contributed by atoms with van der Waals surface area (Å²) >= 11 is 0. The second-order valence-corrected chi connectivity index (χ2v) is 6.18. The number of hydrogen-bond donors (Lipinski definition) is 1. The molecule has 1 N–H and O–H groups in total. The zero-order valence-corrected chi connectivity index (χ0v) is 10.9. The van der Waals surface area contributed by atoms with E-state index in [-0.39, 0.29) is 11.4 Å². The number of aliphatic carboxylic acids is 1. The maximum atomic E-state index is 12.4. The molecule has 0 saturated heterocycles. The van der Waals surface area contributed by atoms with Crippen molar-refractivity contribution >= 4 is 16.0 Å². The molecule has 1 aliphatic carbocycles. The average molecular weight is 269 g/mol. The number of benzene rings is 1. The molecule has 0 heterocycles. The molecule has 5 nitrogen and oxygen atoms in total. The van der Waals surface area contributed by atoms with Crippen LogP contribution < -0.4 is 0 Å². The summed E-state index contributed by atoms with van der Waals surface area (Å²) in [5, 5.41) is 9.21. The number of hydrogen-bond acceptors (Lipinski definition) is 3. The Labute approximate surface area is 106 Å². The number of rotatable bonds is 5. The van der Waals surface area contributed by atoms with Crippen molar-refractivity contribution in [3.05, 3.63) is 30.3 Å². The van der Waals surface area contributed by atoms with Crippen molar-refractivity contribution < 1.29 is 18.3 Å². The fourth-order valence-corrected chi connectivity index (χ4v) is 3.93. The minimum absolute atomic E-state index is 0.138. The lowest BCUT2D eigenvalue weighted by molar-refractivity contribution is -0.143. The van der Waals surface area contributed by atoms with Gasteiger partial charge in [0.15, 0.2) is 0 Å². The van der Waals surface area contributed by atoms with Crippen molar-refractivity contribution in [3.8, 4) is 0 Å². The van der Waals surface area contributed by atoms with E-state index in [1.54, 1.807) is 25.1 Å². The highest BCUT2D eigenvalue weighted by Crippen LogP contribution is 2.44. The molecule has 1 fully saturated rings. The molecule has 1 aliphatic rings. The molecule has 98 valence electrons. The van der Waals surface area contributed by atoms with Gasteiger partial charge in [0, 0.05) is 6.54 Å². The van der Waals surface area contributed by atoms with E-state index in [0.29, 0.717) is 12.8 Å². The average Bonchev–Trinajstić information content (AvgIpc) is 3.12. The van der Waals surface area contributed by atoms with Crippen LogP contribution in [0.1, 0.15) is 19.8 Å². The molecule has 1 aromatic carbocycles. The smallest absolute Gasteiger partial charge is 0.325 e. The molecule has 1 saturated carbocycles. The van der Waals surface area contributed by atoms with Gasteiger partial charge in [0.2, 0.25) is 10.0 Å². The summed E-state index contributed by atoms with van der Waals surface area (Å²) in [6, 6.07) is 7.94. The predicted molar refractivity (Wildman–Crippen MR) is 65.6 cm³/mol. The molecule has 0 unspecified atom stereocenters. The summed E-state index contributed by atoms with van der Waals surface area (Å²) in [5.74, 6) is -1.07. The summed E-state index contributed by atoms with van der Waals surface area (Å²) in [4.78, 5) is 11.4. The highest BCUT2D eigenvalue weighted by molar-refractivity contribution is 7.89. The first-order valence-corrected chi connectivity index (χ1v) is 7.20. The topological polar surface area (TPSA) is 74.7 Å². The fraction of sp³-hybridized carbons (Fsp3) is 0.417. The number of carboxylic acids is 1. The van der Waals surface area contributed by atoms with Crippen molar-refractivity contribution in [2.45, 2.75) is 30.2 Å². The summed E-state index contributed by atoms with van der Waals surface area (Å²) in [6.45, 7) is 1.81. The van der Waals surface area contributed by atoms with Gasteiger partial charge in [-0.3, -0.25) is 4.79 Å². The lowest BCUT2D eigenvalue weighted by atomic mass is 10.3. The SMILES string of the molecule is CCN(C1(C(=O)O)CC1)S(=O)(=O)c1ccccc1. The van der Waals surface area contributed by atoms with Gasteiger partial charge in [-0.15, -0.1) is 0 Å². The number of nitrogens with zero attached hydrogens (tertiary/aromatic N) is 1. The molecule has 6 heteroatoms. The van der Waals surface area contributed by atoms with Crippen LogP contribution in [-0.4, -0.2) is 35.9 Å². The Kier molecular flexibility index (Phi) is 3.16. The molecular formula is C12H15NO4S. The van der Waals surface area contributed by atoms with Gasteiger partial charge >= 0.3 is 5.97 Å². The third kappa shape index (κ3) is 1.91. The first-order chi connectivity index (χ1) is 8.45. The van der Waals surface area contributed by atoms with E-state index >= 15 is 0 Å². The maximum Gasteiger partial charge on any atom is 0.325 e. The van der Waals surface area contributed by atoms with Crippen molar-refractivity contribution in [2.24, 2.45) is 0 Å². The number of carboxylic acid groups (broad SMARTS) is 1. The Morgan fingerprint density at radius 1 is 1.33 bits per heavy atom. The van der Waals surface area contributed by atoms with Crippen LogP contribution in [0.4, 0.5) is 0 Å². The van der Waals surface area contributed by atoms with E-state index in [1.807, 2.05) is 0 Å². The molecular weight excluding hydrogens is 254 g/mol. The fourth-order valence-electron chi connectivity index (χ4n) is 2.11.